The average Bonchev–Trinajstić information content (AvgIpc) is 3.56. The zero-order chi connectivity index (χ0) is 23.7. The van der Waals surface area contributed by atoms with Crippen LogP contribution in [0.5, 0.6) is 11.8 Å². The van der Waals surface area contributed by atoms with Gasteiger partial charge in [-0.1, -0.05) is 17.7 Å². The molecule has 1 aliphatic rings. The number of aromatic amines is 2. The first kappa shape index (κ1) is 22.2. The Bertz CT molecular complexity index is 1350. The molecule has 0 radical (unpaired) electrons. The fraction of sp³-hybridized carbons (Fsp3) is 0.292. The van der Waals surface area contributed by atoms with E-state index in [9.17, 15) is 0 Å². The van der Waals surface area contributed by atoms with Crippen molar-refractivity contribution < 1.29 is 9.47 Å². The summed E-state index contributed by atoms with van der Waals surface area (Å²) in [5.41, 5.74) is 2.86. The second-order valence-electron chi connectivity index (χ2n) is 8.21. The standard InChI is InChI=1S/C24H26ClN7O2/c1-4-5-15-11-21(31-30-15)27-20-12-22(32-9-8-16(13-32)33-3)29-24(28-20)34-19-7-6-18-17(23(19)25)10-14(2)26-18/h4-7,10-12,16,26H,8-9,13H2,1-3H3,(H2,27,28,29,30,31)/b5-4+. The summed E-state index contributed by atoms with van der Waals surface area (Å²) in [7, 11) is 1.73. The summed E-state index contributed by atoms with van der Waals surface area (Å²) in [6.07, 6.45) is 4.98. The highest BCUT2D eigenvalue weighted by Gasteiger charge is 2.25. The second kappa shape index (κ2) is 9.36. The quantitative estimate of drug-likeness (QED) is 0.324. The van der Waals surface area contributed by atoms with E-state index in [0.717, 1.165) is 47.6 Å². The van der Waals surface area contributed by atoms with Crippen LogP contribution in [0.1, 0.15) is 24.7 Å². The number of hydrogen-bond acceptors (Lipinski definition) is 7. The summed E-state index contributed by atoms with van der Waals surface area (Å²) in [5.74, 6) is 2.43. The van der Waals surface area contributed by atoms with Crippen LogP contribution in [0.3, 0.4) is 0 Å². The van der Waals surface area contributed by atoms with Gasteiger partial charge >= 0.3 is 6.01 Å². The Morgan fingerprint density at radius 2 is 2.09 bits per heavy atom. The predicted molar refractivity (Wildman–Crippen MR) is 134 cm³/mol. The first-order chi connectivity index (χ1) is 16.5. The maximum atomic E-state index is 6.65. The van der Waals surface area contributed by atoms with Gasteiger partial charge in [0.05, 0.1) is 16.8 Å². The molecule has 10 heteroatoms. The molecule has 0 amide bonds. The van der Waals surface area contributed by atoms with E-state index in [2.05, 4.69) is 35.4 Å². The summed E-state index contributed by atoms with van der Waals surface area (Å²) in [5, 5.41) is 11.9. The van der Waals surface area contributed by atoms with Crippen molar-refractivity contribution >= 4 is 46.0 Å². The van der Waals surface area contributed by atoms with E-state index >= 15 is 0 Å². The number of nitrogens with one attached hydrogen (secondary N) is 3. The Kier molecular flexibility index (Phi) is 6.12. The van der Waals surface area contributed by atoms with Crippen LogP contribution in [0.2, 0.25) is 5.02 Å². The van der Waals surface area contributed by atoms with Crippen molar-refractivity contribution in [2.45, 2.75) is 26.4 Å². The highest BCUT2D eigenvalue weighted by molar-refractivity contribution is 6.37. The molecular weight excluding hydrogens is 454 g/mol. The Labute approximate surface area is 202 Å². The number of aromatic nitrogens is 5. The van der Waals surface area contributed by atoms with Gasteiger partial charge in [0.1, 0.15) is 17.4 Å². The summed E-state index contributed by atoms with van der Waals surface area (Å²) in [6, 6.07) is 9.72. The molecule has 3 N–H and O–H groups in total. The van der Waals surface area contributed by atoms with E-state index in [1.165, 1.54) is 0 Å². The molecule has 5 rings (SSSR count). The average molecular weight is 480 g/mol. The third kappa shape index (κ3) is 4.57. The number of methoxy groups -OCH3 is 1. The molecule has 0 spiro atoms. The maximum Gasteiger partial charge on any atom is 0.325 e. The molecule has 176 valence electrons. The lowest BCUT2D eigenvalue weighted by atomic mass is 10.2. The number of aryl methyl sites for hydroxylation is 1. The number of nitrogens with zero attached hydrogens (tertiary/aromatic N) is 4. The van der Waals surface area contributed by atoms with E-state index in [4.69, 9.17) is 21.1 Å². The first-order valence-electron chi connectivity index (χ1n) is 11.1. The topological polar surface area (TPSA) is 104 Å². The van der Waals surface area contributed by atoms with Gasteiger partial charge < -0.3 is 24.7 Å². The molecule has 1 aliphatic heterocycles. The van der Waals surface area contributed by atoms with Gasteiger partial charge in [0, 0.05) is 48.9 Å². The summed E-state index contributed by atoms with van der Waals surface area (Å²) in [6.45, 7) is 5.52. The maximum absolute atomic E-state index is 6.65. The van der Waals surface area contributed by atoms with Crippen molar-refractivity contribution in [1.82, 2.24) is 25.1 Å². The number of halogens is 1. The lowest BCUT2D eigenvalue weighted by Crippen LogP contribution is -2.23. The van der Waals surface area contributed by atoms with Crippen LogP contribution in [0.15, 0.2) is 36.4 Å². The molecule has 1 aromatic carbocycles. The van der Waals surface area contributed by atoms with Crippen LogP contribution < -0.4 is 15.0 Å². The van der Waals surface area contributed by atoms with Crippen LogP contribution in [0.4, 0.5) is 17.5 Å². The molecule has 1 unspecified atom stereocenters. The minimum absolute atomic E-state index is 0.166. The van der Waals surface area contributed by atoms with Gasteiger partial charge in [0.25, 0.3) is 0 Å². The van der Waals surface area contributed by atoms with E-state index < -0.39 is 0 Å². The molecule has 0 saturated carbocycles. The van der Waals surface area contributed by atoms with Crippen molar-refractivity contribution in [3.8, 4) is 11.8 Å². The van der Waals surface area contributed by atoms with Crippen molar-refractivity contribution in [3.05, 3.63) is 52.8 Å². The molecule has 1 saturated heterocycles. The summed E-state index contributed by atoms with van der Waals surface area (Å²) >= 11 is 6.65. The number of rotatable bonds is 7. The van der Waals surface area contributed by atoms with Crippen LogP contribution in [-0.2, 0) is 4.74 Å². The summed E-state index contributed by atoms with van der Waals surface area (Å²) in [4.78, 5) is 14.7. The molecule has 9 nitrogen and oxygen atoms in total. The number of allylic oxidation sites excluding steroid dienone is 1. The minimum atomic E-state index is 0.166. The van der Waals surface area contributed by atoms with Crippen LogP contribution in [0.25, 0.3) is 17.0 Å². The van der Waals surface area contributed by atoms with E-state index in [-0.39, 0.29) is 12.1 Å². The third-order valence-corrected chi connectivity index (χ3v) is 6.12. The van der Waals surface area contributed by atoms with Gasteiger partial charge in [-0.2, -0.15) is 15.1 Å². The fourth-order valence-corrected chi connectivity index (χ4v) is 4.33. The van der Waals surface area contributed by atoms with Gasteiger partial charge in [-0.05, 0) is 44.5 Å². The van der Waals surface area contributed by atoms with Crippen molar-refractivity contribution in [3.63, 3.8) is 0 Å². The Hall–Kier alpha value is -3.56. The van der Waals surface area contributed by atoms with Gasteiger partial charge in [-0.3, -0.25) is 5.10 Å². The predicted octanol–water partition coefficient (Wildman–Crippen LogP) is 5.44. The highest BCUT2D eigenvalue weighted by Crippen LogP contribution is 2.36. The lowest BCUT2D eigenvalue weighted by Gasteiger charge is -2.19. The van der Waals surface area contributed by atoms with Gasteiger partial charge in [0.15, 0.2) is 5.82 Å². The van der Waals surface area contributed by atoms with Crippen LogP contribution >= 0.6 is 11.6 Å². The molecule has 4 aromatic rings. The van der Waals surface area contributed by atoms with E-state index in [1.54, 1.807) is 7.11 Å². The molecule has 0 aliphatic carbocycles. The molecule has 34 heavy (non-hydrogen) atoms. The van der Waals surface area contributed by atoms with Gasteiger partial charge in [-0.25, -0.2) is 0 Å². The molecule has 0 bridgehead atoms. The van der Waals surface area contributed by atoms with Crippen molar-refractivity contribution in [2.75, 3.05) is 30.4 Å². The Balaban J connectivity index is 1.48. The van der Waals surface area contributed by atoms with Crippen LogP contribution in [0, 0.1) is 6.92 Å². The zero-order valence-corrected chi connectivity index (χ0v) is 20.0. The summed E-state index contributed by atoms with van der Waals surface area (Å²) < 4.78 is 11.6. The van der Waals surface area contributed by atoms with Gasteiger partial charge in [0.2, 0.25) is 0 Å². The Morgan fingerprint density at radius 1 is 1.21 bits per heavy atom. The first-order valence-corrected chi connectivity index (χ1v) is 11.5. The molecule has 1 fully saturated rings. The largest absolute Gasteiger partial charge is 0.423 e. The number of ether oxygens (including phenoxy) is 2. The minimum Gasteiger partial charge on any atom is -0.423 e. The number of fused-ring (bicyclic) bond motifs is 1. The van der Waals surface area contributed by atoms with Crippen LogP contribution in [-0.4, -0.2) is 51.5 Å². The second-order valence-corrected chi connectivity index (χ2v) is 8.59. The monoisotopic (exact) mass is 479 g/mol. The SMILES string of the molecule is C/C=C/c1cc(Nc2cc(N3CCC(OC)C3)nc(Oc3ccc4[nH]c(C)cc4c3Cl)n2)n[nH]1. The molecule has 4 heterocycles. The third-order valence-electron chi connectivity index (χ3n) is 5.73. The number of anilines is 3. The van der Waals surface area contributed by atoms with Crippen molar-refractivity contribution in [1.29, 1.82) is 0 Å². The van der Waals surface area contributed by atoms with E-state index in [1.807, 2.05) is 56.3 Å². The molecule has 1 atom stereocenters. The number of benzene rings is 1. The van der Waals surface area contributed by atoms with E-state index in [0.29, 0.717) is 22.4 Å². The fourth-order valence-electron chi connectivity index (χ4n) is 4.08. The Morgan fingerprint density at radius 3 is 2.88 bits per heavy atom. The zero-order valence-electron chi connectivity index (χ0n) is 19.2. The van der Waals surface area contributed by atoms with Gasteiger partial charge in [-0.15, -0.1) is 0 Å². The van der Waals surface area contributed by atoms with Crippen molar-refractivity contribution in [2.24, 2.45) is 0 Å². The lowest BCUT2D eigenvalue weighted by molar-refractivity contribution is 0.121. The number of H-pyrrole nitrogens is 2. The molecule has 3 aromatic heterocycles. The highest BCUT2D eigenvalue weighted by atomic mass is 35.5. The molecular formula is C24H26ClN7O2. The smallest absolute Gasteiger partial charge is 0.325 e. The number of hydrogen-bond donors (Lipinski definition) is 3. The normalized spacial score (nSPS) is 16.1.